The maximum atomic E-state index is 8.98. The molecule has 0 aromatic heterocycles. The van der Waals surface area contributed by atoms with Crippen LogP contribution in [0.15, 0.2) is 53.4 Å². The smallest absolute Gasteiger partial charge is 0.122 e. The van der Waals surface area contributed by atoms with E-state index in [-0.39, 0.29) is 6.61 Å². The Labute approximate surface area is 112 Å². The van der Waals surface area contributed by atoms with Gasteiger partial charge in [0.1, 0.15) is 5.75 Å². The summed E-state index contributed by atoms with van der Waals surface area (Å²) in [7, 11) is 1.69. The van der Waals surface area contributed by atoms with Crippen LogP contribution in [0.2, 0.25) is 0 Å². The molecule has 0 atom stereocenters. The van der Waals surface area contributed by atoms with Gasteiger partial charge in [0.25, 0.3) is 0 Å². The van der Waals surface area contributed by atoms with Crippen molar-refractivity contribution in [2.75, 3.05) is 7.11 Å². The Balaban J connectivity index is 2.02. The van der Waals surface area contributed by atoms with Crippen LogP contribution < -0.4 is 4.74 Å². The zero-order valence-electron chi connectivity index (χ0n) is 10.3. The van der Waals surface area contributed by atoms with Gasteiger partial charge >= 0.3 is 0 Å². The van der Waals surface area contributed by atoms with Crippen molar-refractivity contribution in [3.63, 3.8) is 0 Å². The van der Waals surface area contributed by atoms with E-state index in [1.165, 1.54) is 10.5 Å². The van der Waals surface area contributed by atoms with Crippen LogP contribution >= 0.6 is 11.8 Å². The second-order valence-electron chi connectivity index (χ2n) is 3.90. The van der Waals surface area contributed by atoms with Gasteiger partial charge in [-0.3, -0.25) is 0 Å². The largest absolute Gasteiger partial charge is 0.496 e. The number of thioether (sulfide) groups is 1. The molecule has 0 heterocycles. The first kappa shape index (κ1) is 13.0. The lowest BCUT2D eigenvalue weighted by molar-refractivity contribution is 0.282. The number of aliphatic hydroxyl groups excluding tert-OH is 1. The second kappa shape index (κ2) is 6.47. The normalized spacial score (nSPS) is 10.3. The van der Waals surface area contributed by atoms with E-state index in [2.05, 4.69) is 6.07 Å². The van der Waals surface area contributed by atoms with Gasteiger partial charge in [0.15, 0.2) is 0 Å². The van der Waals surface area contributed by atoms with Gasteiger partial charge in [0.05, 0.1) is 13.7 Å². The van der Waals surface area contributed by atoms with Crippen molar-refractivity contribution in [3.05, 3.63) is 59.7 Å². The first-order valence-corrected chi connectivity index (χ1v) is 6.76. The SMILES string of the molecule is COc1ccccc1CSc1ccc(CO)cc1. The fourth-order valence-corrected chi connectivity index (χ4v) is 2.56. The molecule has 0 amide bonds. The number of aliphatic hydroxyl groups is 1. The maximum absolute atomic E-state index is 8.98. The van der Waals surface area contributed by atoms with Crippen LogP contribution in [-0.2, 0) is 12.4 Å². The summed E-state index contributed by atoms with van der Waals surface area (Å²) < 4.78 is 5.32. The lowest BCUT2D eigenvalue weighted by atomic mass is 10.2. The molecule has 0 radical (unpaired) electrons. The number of methoxy groups -OCH3 is 1. The molecule has 0 saturated carbocycles. The van der Waals surface area contributed by atoms with Gasteiger partial charge in [0, 0.05) is 16.2 Å². The molecular formula is C15H16O2S. The molecule has 2 nitrogen and oxygen atoms in total. The highest BCUT2D eigenvalue weighted by Crippen LogP contribution is 2.27. The summed E-state index contributed by atoms with van der Waals surface area (Å²) in [6, 6.07) is 16.0. The monoisotopic (exact) mass is 260 g/mol. The number of hydrogen-bond acceptors (Lipinski definition) is 3. The Kier molecular flexibility index (Phi) is 4.67. The summed E-state index contributed by atoms with van der Waals surface area (Å²) in [5.41, 5.74) is 2.13. The molecule has 1 N–H and O–H groups in total. The number of hydrogen-bond donors (Lipinski definition) is 1. The van der Waals surface area contributed by atoms with E-state index in [4.69, 9.17) is 9.84 Å². The summed E-state index contributed by atoms with van der Waals surface area (Å²) >= 11 is 1.76. The molecule has 2 aromatic carbocycles. The number of para-hydroxylation sites is 1. The third kappa shape index (κ3) is 3.28. The van der Waals surface area contributed by atoms with Crippen LogP contribution in [0.5, 0.6) is 5.75 Å². The van der Waals surface area contributed by atoms with Gasteiger partial charge in [-0.25, -0.2) is 0 Å². The van der Waals surface area contributed by atoms with Crippen LogP contribution in [-0.4, -0.2) is 12.2 Å². The third-order valence-electron chi connectivity index (χ3n) is 2.69. The molecule has 0 spiro atoms. The van der Waals surface area contributed by atoms with Crippen molar-refractivity contribution in [2.24, 2.45) is 0 Å². The van der Waals surface area contributed by atoms with E-state index >= 15 is 0 Å². The highest BCUT2D eigenvalue weighted by atomic mass is 32.2. The number of ether oxygens (including phenoxy) is 1. The molecule has 2 rings (SSSR count). The van der Waals surface area contributed by atoms with E-state index in [0.717, 1.165) is 17.1 Å². The van der Waals surface area contributed by atoms with E-state index in [1.54, 1.807) is 18.9 Å². The minimum absolute atomic E-state index is 0.0947. The van der Waals surface area contributed by atoms with E-state index < -0.39 is 0 Å². The van der Waals surface area contributed by atoms with Crippen molar-refractivity contribution < 1.29 is 9.84 Å². The van der Waals surface area contributed by atoms with Gasteiger partial charge in [-0.15, -0.1) is 11.8 Å². The zero-order valence-corrected chi connectivity index (χ0v) is 11.1. The van der Waals surface area contributed by atoms with Crippen molar-refractivity contribution in [2.45, 2.75) is 17.3 Å². The van der Waals surface area contributed by atoms with Crippen molar-refractivity contribution >= 4 is 11.8 Å². The Morgan fingerprint density at radius 1 is 1.06 bits per heavy atom. The minimum Gasteiger partial charge on any atom is -0.496 e. The molecule has 94 valence electrons. The van der Waals surface area contributed by atoms with Gasteiger partial charge < -0.3 is 9.84 Å². The number of rotatable bonds is 5. The van der Waals surface area contributed by atoms with Crippen LogP contribution in [0.4, 0.5) is 0 Å². The molecule has 18 heavy (non-hydrogen) atoms. The fraction of sp³-hybridized carbons (Fsp3) is 0.200. The Morgan fingerprint density at radius 2 is 1.78 bits per heavy atom. The Hall–Kier alpha value is -1.45. The second-order valence-corrected chi connectivity index (χ2v) is 4.95. The summed E-state index contributed by atoms with van der Waals surface area (Å²) in [6.45, 7) is 0.0947. The van der Waals surface area contributed by atoms with Gasteiger partial charge in [0.2, 0.25) is 0 Å². The molecule has 0 aliphatic carbocycles. The van der Waals surface area contributed by atoms with Crippen molar-refractivity contribution in [1.82, 2.24) is 0 Å². The van der Waals surface area contributed by atoms with Gasteiger partial charge in [-0.1, -0.05) is 30.3 Å². The molecule has 0 saturated heterocycles. The molecule has 0 aliphatic rings. The van der Waals surface area contributed by atoms with Crippen molar-refractivity contribution in [3.8, 4) is 5.75 Å². The summed E-state index contributed by atoms with van der Waals surface area (Å²) in [6.07, 6.45) is 0. The quantitative estimate of drug-likeness (QED) is 0.835. The lowest BCUT2D eigenvalue weighted by Gasteiger charge is -2.08. The molecule has 0 unspecified atom stereocenters. The van der Waals surface area contributed by atoms with Crippen molar-refractivity contribution in [1.29, 1.82) is 0 Å². The molecule has 0 aliphatic heterocycles. The highest BCUT2D eigenvalue weighted by molar-refractivity contribution is 7.98. The zero-order chi connectivity index (χ0) is 12.8. The summed E-state index contributed by atoms with van der Waals surface area (Å²) in [5.74, 6) is 1.81. The first-order chi connectivity index (χ1) is 8.83. The average Bonchev–Trinajstić information content (AvgIpc) is 2.46. The third-order valence-corrected chi connectivity index (χ3v) is 3.75. The van der Waals surface area contributed by atoms with E-state index in [9.17, 15) is 0 Å². The van der Waals surface area contributed by atoms with Crippen LogP contribution in [0, 0.1) is 0 Å². The van der Waals surface area contributed by atoms with Gasteiger partial charge in [-0.2, -0.15) is 0 Å². The van der Waals surface area contributed by atoms with E-state index in [1.807, 2.05) is 42.5 Å². The van der Waals surface area contributed by atoms with Crippen LogP contribution in [0.1, 0.15) is 11.1 Å². The molecule has 2 aromatic rings. The Morgan fingerprint density at radius 3 is 2.44 bits per heavy atom. The predicted octanol–water partition coefficient (Wildman–Crippen LogP) is 3.48. The molecule has 3 heteroatoms. The first-order valence-electron chi connectivity index (χ1n) is 5.78. The predicted molar refractivity (Wildman–Crippen MR) is 74.9 cm³/mol. The maximum Gasteiger partial charge on any atom is 0.122 e. The molecular weight excluding hydrogens is 244 g/mol. The molecule has 0 bridgehead atoms. The minimum atomic E-state index is 0.0947. The summed E-state index contributed by atoms with van der Waals surface area (Å²) in [5, 5.41) is 8.98. The standard InChI is InChI=1S/C15H16O2S/c1-17-15-5-3-2-4-13(15)11-18-14-8-6-12(10-16)7-9-14/h2-9,16H,10-11H2,1H3. The highest BCUT2D eigenvalue weighted by Gasteiger charge is 2.02. The van der Waals surface area contributed by atoms with Gasteiger partial charge in [-0.05, 0) is 23.8 Å². The van der Waals surface area contributed by atoms with Crippen LogP contribution in [0.25, 0.3) is 0 Å². The summed E-state index contributed by atoms with van der Waals surface area (Å²) in [4.78, 5) is 1.19. The fourth-order valence-electron chi connectivity index (χ4n) is 1.67. The van der Waals surface area contributed by atoms with E-state index in [0.29, 0.717) is 0 Å². The topological polar surface area (TPSA) is 29.5 Å². The average molecular weight is 260 g/mol. The van der Waals surface area contributed by atoms with Crippen LogP contribution in [0.3, 0.4) is 0 Å². The lowest BCUT2D eigenvalue weighted by Crippen LogP contribution is -1.89. The molecule has 0 fully saturated rings. The Bertz CT molecular complexity index is 494. The number of benzene rings is 2.